The number of Topliss-reactive ketones (excluding diaryl/α,β-unsaturated/α-hetero) is 1. The summed E-state index contributed by atoms with van der Waals surface area (Å²) in [6.07, 6.45) is 8.68. The van der Waals surface area contributed by atoms with Crippen LogP contribution in [0.5, 0.6) is 0 Å². The smallest absolute Gasteiger partial charge is 0.313 e. The van der Waals surface area contributed by atoms with Gasteiger partial charge >= 0.3 is 5.97 Å². The van der Waals surface area contributed by atoms with Crippen molar-refractivity contribution >= 4 is 17.5 Å². The van der Waals surface area contributed by atoms with Gasteiger partial charge in [0, 0.05) is 22.2 Å². The number of carbonyl (C=O) groups is 3. The van der Waals surface area contributed by atoms with Crippen molar-refractivity contribution in [1.82, 2.24) is 0 Å². The third-order valence-electron chi connectivity index (χ3n) is 13.0. The summed E-state index contributed by atoms with van der Waals surface area (Å²) >= 11 is 0. The van der Waals surface area contributed by atoms with E-state index in [1.165, 1.54) is 0 Å². The summed E-state index contributed by atoms with van der Waals surface area (Å²) in [5, 5.41) is 9.86. The van der Waals surface area contributed by atoms with Gasteiger partial charge in [-0.1, -0.05) is 54.5 Å². The molecular formula is C31H39NO4. The van der Waals surface area contributed by atoms with Gasteiger partial charge in [-0.3, -0.25) is 14.4 Å². The molecule has 0 aromatic rings. The van der Waals surface area contributed by atoms with E-state index in [0.29, 0.717) is 5.92 Å². The topological polar surface area (TPSA) is 84.2 Å². The van der Waals surface area contributed by atoms with Crippen molar-refractivity contribution in [1.29, 1.82) is 5.26 Å². The highest BCUT2D eigenvalue weighted by molar-refractivity contribution is 6.06. The average Bonchev–Trinajstić information content (AvgIpc) is 3.03. The number of hydrogen-bond donors (Lipinski definition) is 0. The van der Waals surface area contributed by atoms with E-state index in [2.05, 4.69) is 40.7 Å². The molecule has 0 radical (unpaired) electrons. The maximum atomic E-state index is 14.5. The van der Waals surface area contributed by atoms with Crippen molar-refractivity contribution in [2.75, 3.05) is 0 Å². The van der Waals surface area contributed by atoms with E-state index in [1.807, 2.05) is 26.0 Å². The zero-order valence-electron chi connectivity index (χ0n) is 22.8. The average molecular weight is 490 g/mol. The number of esters is 1. The third-order valence-corrected chi connectivity index (χ3v) is 13.0. The second kappa shape index (κ2) is 6.61. The van der Waals surface area contributed by atoms with Crippen LogP contribution in [0.4, 0.5) is 0 Å². The van der Waals surface area contributed by atoms with Crippen LogP contribution in [-0.2, 0) is 19.1 Å². The largest absolute Gasteiger partial charge is 0.449 e. The second-order valence-electron chi connectivity index (χ2n) is 14.3. The molecule has 1 saturated heterocycles. The van der Waals surface area contributed by atoms with E-state index in [4.69, 9.17) is 4.74 Å². The Hall–Kier alpha value is -2.22. The maximum absolute atomic E-state index is 14.5. The first kappa shape index (κ1) is 24.1. The molecule has 6 rings (SSSR count). The Bertz CT molecular complexity index is 1240. The van der Waals surface area contributed by atoms with Crippen LogP contribution < -0.4 is 0 Å². The molecule has 0 aromatic heterocycles. The fraction of sp³-hybridized carbons (Fsp3) is 0.742. The highest BCUT2D eigenvalue weighted by atomic mass is 16.6. The minimum Gasteiger partial charge on any atom is -0.449 e. The standard InChI is InChI=1S/C31H39NO4/c1-17-8-11-30-13-12-29(7)28(6)10-9-20-26(3,4)24(34)19(16-32)15-27(20,5)21(28)14-22(33)31(29,36-25(30)35)23(30)18(17)2/h14-15,17-18,20,23H,8-13H2,1-7H3/t17-,18+,20+,23-,27+,28-,29+,30+,31+/m1/s1. The Morgan fingerprint density at radius 3 is 2.33 bits per heavy atom. The number of ketones is 2. The van der Waals surface area contributed by atoms with Crippen LogP contribution in [0.3, 0.4) is 0 Å². The lowest BCUT2D eigenvalue weighted by Crippen LogP contribution is -2.72. The minimum atomic E-state index is -1.14. The monoisotopic (exact) mass is 489 g/mol. The molecule has 1 aliphatic heterocycles. The summed E-state index contributed by atoms with van der Waals surface area (Å²) in [7, 11) is 0. The van der Waals surface area contributed by atoms with E-state index in [1.54, 1.807) is 0 Å². The normalized spacial score (nSPS) is 52.6. The van der Waals surface area contributed by atoms with Crippen LogP contribution >= 0.6 is 0 Å². The maximum Gasteiger partial charge on any atom is 0.313 e. The molecule has 5 nitrogen and oxygen atoms in total. The Balaban J connectivity index is 1.61. The molecule has 192 valence electrons. The lowest BCUT2D eigenvalue weighted by atomic mass is 9.33. The van der Waals surface area contributed by atoms with Crippen molar-refractivity contribution in [2.24, 2.45) is 50.7 Å². The van der Waals surface area contributed by atoms with Gasteiger partial charge in [0.15, 0.2) is 17.2 Å². The number of carbonyl (C=O) groups excluding carboxylic acids is 3. The van der Waals surface area contributed by atoms with Gasteiger partial charge in [0.1, 0.15) is 6.07 Å². The van der Waals surface area contributed by atoms with Crippen LogP contribution in [0.15, 0.2) is 23.3 Å². The van der Waals surface area contributed by atoms with Crippen molar-refractivity contribution < 1.29 is 19.1 Å². The first-order valence-corrected chi connectivity index (χ1v) is 13.9. The summed E-state index contributed by atoms with van der Waals surface area (Å²) in [4.78, 5) is 41.4. The minimum absolute atomic E-state index is 0.00168. The Labute approximate surface area is 214 Å². The summed E-state index contributed by atoms with van der Waals surface area (Å²) in [6.45, 7) is 15.0. The van der Waals surface area contributed by atoms with Crippen LogP contribution in [0, 0.1) is 62.1 Å². The van der Waals surface area contributed by atoms with Crippen molar-refractivity contribution in [3.05, 3.63) is 23.3 Å². The van der Waals surface area contributed by atoms with E-state index < -0.39 is 32.7 Å². The molecule has 6 aliphatic rings. The van der Waals surface area contributed by atoms with E-state index >= 15 is 0 Å². The number of nitriles is 1. The van der Waals surface area contributed by atoms with Crippen molar-refractivity contribution in [2.45, 2.75) is 92.6 Å². The fourth-order valence-corrected chi connectivity index (χ4v) is 10.7. The second-order valence-corrected chi connectivity index (χ2v) is 14.3. The van der Waals surface area contributed by atoms with Crippen molar-refractivity contribution in [3.63, 3.8) is 0 Å². The molecule has 0 aromatic carbocycles. The predicted molar refractivity (Wildman–Crippen MR) is 134 cm³/mol. The fourth-order valence-electron chi connectivity index (χ4n) is 10.7. The van der Waals surface area contributed by atoms with Crippen LogP contribution in [-0.4, -0.2) is 23.1 Å². The van der Waals surface area contributed by atoms with Gasteiger partial charge < -0.3 is 4.74 Å². The van der Waals surface area contributed by atoms with Gasteiger partial charge in [-0.25, -0.2) is 0 Å². The van der Waals surface area contributed by atoms with E-state index in [0.717, 1.165) is 44.1 Å². The van der Waals surface area contributed by atoms with E-state index in [-0.39, 0.29) is 40.9 Å². The zero-order chi connectivity index (χ0) is 26.3. The number of rotatable bonds is 0. The van der Waals surface area contributed by atoms with Crippen LogP contribution in [0.25, 0.3) is 0 Å². The molecule has 5 heteroatoms. The molecule has 1 heterocycles. The number of ether oxygens (including phenoxy) is 1. The Kier molecular flexibility index (Phi) is 4.43. The first-order chi connectivity index (χ1) is 16.7. The Morgan fingerprint density at radius 2 is 1.67 bits per heavy atom. The molecule has 3 saturated carbocycles. The molecular weight excluding hydrogens is 450 g/mol. The molecule has 4 fully saturated rings. The lowest BCUT2D eigenvalue weighted by Gasteiger charge is -2.69. The van der Waals surface area contributed by atoms with Gasteiger partial charge in [-0.15, -0.1) is 0 Å². The van der Waals surface area contributed by atoms with Gasteiger partial charge in [0.2, 0.25) is 0 Å². The van der Waals surface area contributed by atoms with E-state index in [9.17, 15) is 19.6 Å². The third kappa shape index (κ3) is 2.21. The quantitative estimate of drug-likeness (QED) is 0.405. The summed E-state index contributed by atoms with van der Waals surface area (Å²) in [5.41, 5.74) is -2.67. The number of hydrogen-bond acceptors (Lipinski definition) is 5. The SMILES string of the molecule is C[C@H]1[C@H](C)CC[C@@]23CC[C@@]4(C)[C@]5(C)CC[C@H]6C(C)(C)C(=O)C(C#N)=C[C@]6(C)C5=CC(=O)[C@]4(OC2=O)[C@H]13. The van der Waals surface area contributed by atoms with Gasteiger partial charge in [-0.05, 0) is 73.3 Å². The van der Waals surface area contributed by atoms with Gasteiger partial charge in [0.05, 0.1) is 11.0 Å². The number of allylic oxidation sites excluding steroid dienone is 3. The lowest BCUT2D eigenvalue weighted by molar-refractivity contribution is -0.211. The summed E-state index contributed by atoms with van der Waals surface area (Å²) in [6, 6.07) is 2.16. The molecule has 2 bridgehead atoms. The van der Waals surface area contributed by atoms with Crippen LogP contribution in [0.1, 0.15) is 87.0 Å². The Morgan fingerprint density at radius 1 is 0.972 bits per heavy atom. The highest BCUT2D eigenvalue weighted by Crippen LogP contribution is 2.78. The predicted octanol–water partition coefficient (Wildman–Crippen LogP) is 5.74. The summed E-state index contributed by atoms with van der Waals surface area (Å²) in [5.74, 6) is 0.224. The molecule has 5 aliphatic carbocycles. The highest BCUT2D eigenvalue weighted by Gasteiger charge is 2.83. The van der Waals surface area contributed by atoms with Crippen molar-refractivity contribution in [3.8, 4) is 6.07 Å². The summed E-state index contributed by atoms with van der Waals surface area (Å²) < 4.78 is 6.48. The molecule has 0 N–H and O–H groups in total. The molecule has 0 unspecified atom stereocenters. The molecule has 9 atom stereocenters. The van der Waals surface area contributed by atoms with Gasteiger partial charge in [-0.2, -0.15) is 5.26 Å². The molecule has 1 spiro atoms. The zero-order valence-corrected chi connectivity index (χ0v) is 22.8. The first-order valence-electron chi connectivity index (χ1n) is 13.9. The molecule has 36 heavy (non-hydrogen) atoms. The van der Waals surface area contributed by atoms with Crippen LogP contribution in [0.2, 0.25) is 0 Å². The molecule has 0 amide bonds. The van der Waals surface area contributed by atoms with Gasteiger partial charge in [0.25, 0.3) is 0 Å². The number of nitrogens with zero attached hydrogens (tertiary/aromatic N) is 1. The number of fused-ring (bicyclic) bond motifs is 4.